The van der Waals surface area contributed by atoms with Gasteiger partial charge in [0.25, 0.3) is 0 Å². The smallest absolute Gasteiger partial charge is 0.139 e. The molecule has 2 aromatic heterocycles. The van der Waals surface area contributed by atoms with Crippen LogP contribution in [0.1, 0.15) is 24.5 Å². The lowest BCUT2D eigenvalue weighted by Gasteiger charge is -2.16. The van der Waals surface area contributed by atoms with E-state index in [1.165, 1.54) is 6.07 Å². The van der Waals surface area contributed by atoms with Crippen LogP contribution in [0.5, 0.6) is 0 Å². The molecule has 3 nitrogen and oxygen atoms in total. The number of halogens is 3. The van der Waals surface area contributed by atoms with Crippen LogP contribution >= 0.6 is 27.5 Å². The summed E-state index contributed by atoms with van der Waals surface area (Å²) in [5, 5.41) is 0. The van der Waals surface area contributed by atoms with Crippen LogP contribution in [0.2, 0.25) is 0 Å². The molecule has 0 aliphatic carbocycles. The van der Waals surface area contributed by atoms with E-state index in [-0.39, 0.29) is 17.7 Å². The summed E-state index contributed by atoms with van der Waals surface area (Å²) in [5.41, 5.74) is 2.33. The number of benzene rings is 1. The van der Waals surface area contributed by atoms with Gasteiger partial charge in [-0.3, -0.25) is 4.98 Å². The van der Waals surface area contributed by atoms with Crippen molar-refractivity contribution < 1.29 is 4.39 Å². The molecule has 0 spiro atoms. The number of imidazole rings is 1. The van der Waals surface area contributed by atoms with Crippen LogP contribution in [0, 0.1) is 5.82 Å². The molecule has 1 unspecified atom stereocenters. The summed E-state index contributed by atoms with van der Waals surface area (Å²) in [6.07, 6.45) is 1.75. The molecule has 0 aliphatic heterocycles. The maximum Gasteiger partial charge on any atom is 0.139 e. The van der Waals surface area contributed by atoms with E-state index in [0.717, 1.165) is 11.2 Å². The van der Waals surface area contributed by atoms with E-state index < -0.39 is 0 Å². The SMILES string of the molecule is CC(c1ccccn1)n1c(CCl)nc2cc(F)c(Br)cc21. The summed E-state index contributed by atoms with van der Waals surface area (Å²) in [5.74, 6) is 0.617. The molecule has 0 N–H and O–H groups in total. The van der Waals surface area contributed by atoms with Crippen molar-refractivity contribution in [3.8, 4) is 0 Å². The van der Waals surface area contributed by atoms with Gasteiger partial charge in [0, 0.05) is 12.3 Å². The van der Waals surface area contributed by atoms with Crippen molar-refractivity contribution in [3.05, 3.63) is 58.3 Å². The fraction of sp³-hybridized carbons (Fsp3) is 0.200. The third-order valence-corrected chi connectivity index (χ3v) is 4.27. The molecule has 0 radical (unpaired) electrons. The molecule has 1 atom stereocenters. The summed E-state index contributed by atoms with van der Waals surface area (Å²) in [4.78, 5) is 8.80. The quantitative estimate of drug-likeness (QED) is 0.628. The highest BCUT2D eigenvalue weighted by molar-refractivity contribution is 9.10. The number of aromatic nitrogens is 3. The number of hydrogen-bond acceptors (Lipinski definition) is 2. The first-order valence-electron chi connectivity index (χ1n) is 6.44. The molecule has 1 aromatic carbocycles. The molecule has 0 aliphatic rings. The predicted molar refractivity (Wildman–Crippen MR) is 85.0 cm³/mol. The van der Waals surface area contributed by atoms with Crippen LogP contribution in [0.3, 0.4) is 0 Å². The van der Waals surface area contributed by atoms with E-state index in [4.69, 9.17) is 11.6 Å². The topological polar surface area (TPSA) is 30.7 Å². The Morgan fingerprint density at radius 3 is 2.86 bits per heavy atom. The van der Waals surface area contributed by atoms with Crippen molar-refractivity contribution in [1.29, 1.82) is 0 Å². The lowest BCUT2D eigenvalue weighted by Crippen LogP contribution is -2.11. The second-order valence-electron chi connectivity index (χ2n) is 4.72. The monoisotopic (exact) mass is 367 g/mol. The van der Waals surface area contributed by atoms with Gasteiger partial charge in [-0.25, -0.2) is 9.37 Å². The van der Waals surface area contributed by atoms with E-state index in [1.807, 2.05) is 29.7 Å². The van der Waals surface area contributed by atoms with E-state index in [9.17, 15) is 4.39 Å². The average Bonchev–Trinajstić information content (AvgIpc) is 2.85. The van der Waals surface area contributed by atoms with Gasteiger partial charge in [-0.15, -0.1) is 11.6 Å². The van der Waals surface area contributed by atoms with Gasteiger partial charge in [0.2, 0.25) is 0 Å². The summed E-state index contributed by atoms with van der Waals surface area (Å²) in [6.45, 7) is 2.02. The molecule has 3 rings (SSSR count). The van der Waals surface area contributed by atoms with Gasteiger partial charge in [-0.05, 0) is 41.1 Å². The number of fused-ring (bicyclic) bond motifs is 1. The average molecular weight is 369 g/mol. The Balaban J connectivity index is 2.23. The predicted octanol–water partition coefficient (Wildman–Crippen LogP) is 4.68. The van der Waals surface area contributed by atoms with Gasteiger partial charge in [-0.1, -0.05) is 6.07 Å². The maximum absolute atomic E-state index is 13.7. The molecule has 0 fully saturated rings. The maximum atomic E-state index is 13.7. The van der Waals surface area contributed by atoms with Crippen molar-refractivity contribution in [2.45, 2.75) is 18.8 Å². The summed E-state index contributed by atoms with van der Waals surface area (Å²) >= 11 is 9.23. The molecule has 0 amide bonds. The van der Waals surface area contributed by atoms with Gasteiger partial charge in [0.1, 0.15) is 11.6 Å². The third kappa shape index (κ3) is 2.56. The fourth-order valence-corrected chi connectivity index (χ4v) is 2.94. The van der Waals surface area contributed by atoms with Crippen molar-refractivity contribution in [2.24, 2.45) is 0 Å². The van der Waals surface area contributed by atoms with Crippen molar-refractivity contribution in [3.63, 3.8) is 0 Å². The van der Waals surface area contributed by atoms with E-state index in [1.54, 1.807) is 12.3 Å². The fourth-order valence-electron chi connectivity index (χ4n) is 2.42. The zero-order chi connectivity index (χ0) is 15.0. The van der Waals surface area contributed by atoms with Gasteiger partial charge in [0.05, 0.1) is 33.1 Å². The molecular weight excluding hydrogens is 357 g/mol. The van der Waals surface area contributed by atoms with Gasteiger partial charge in [0.15, 0.2) is 0 Å². The molecular formula is C15H12BrClFN3. The van der Waals surface area contributed by atoms with Gasteiger partial charge < -0.3 is 4.57 Å². The number of nitrogens with zero attached hydrogens (tertiary/aromatic N) is 3. The van der Waals surface area contributed by atoms with Crippen molar-refractivity contribution in [1.82, 2.24) is 14.5 Å². The molecule has 108 valence electrons. The zero-order valence-electron chi connectivity index (χ0n) is 11.2. The first-order chi connectivity index (χ1) is 10.1. The highest BCUT2D eigenvalue weighted by atomic mass is 79.9. The van der Waals surface area contributed by atoms with Crippen LogP contribution in [0.15, 0.2) is 41.0 Å². The third-order valence-electron chi connectivity index (χ3n) is 3.43. The van der Waals surface area contributed by atoms with Crippen LogP contribution in [-0.4, -0.2) is 14.5 Å². The van der Waals surface area contributed by atoms with Crippen LogP contribution in [0.25, 0.3) is 11.0 Å². The Morgan fingerprint density at radius 2 is 2.19 bits per heavy atom. The molecule has 21 heavy (non-hydrogen) atoms. The largest absolute Gasteiger partial charge is 0.318 e. The van der Waals surface area contributed by atoms with E-state index in [0.29, 0.717) is 15.8 Å². The Kier molecular flexibility index (Phi) is 3.95. The Morgan fingerprint density at radius 1 is 1.38 bits per heavy atom. The minimum atomic E-state index is -0.334. The summed E-state index contributed by atoms with van der Waals surface area (Å²) in [6, 6.07) is 8.87. The number of alkyl halides is 1. The van der Waals surface area contributed by atoms with E-state index >= 15 is 0 Å². The van der Waals surface area contributed by atoms with Crippen LogP contribution in [-0.2, 0) is 5.88 Å². The molecule has 0 saturated carbocycles. The molecule has 0 saturated heterocycles. The minimum absolute atomic E-state index is 0.0395. The Hall–Kier alpha value is -1.46. The number of pyridine rings is 1. The highest BCUT2D eigenvalue weighted by Gasteiger charge is 2.19. The Labute approximate surface area is 134 Å². The van der Waals surface area contributed by atoms with Gasteiger partial charge >= 0.3 is 0 Å². The number of hydrogen-bond donors (Lipinski definition) is 0. The highest BCUT2D eigenvalue weighted by Crippen LogP contribution is 2.29. The van der Waals surface area contributed by atoms with Gasteiger partial charge in [-0.2, -0.15) is 0 Å². The first kappa shape index (κ1) is 14.5. The second-order valence-corrected chi connectivity index (χ2v) is 5.84. The minimum Gasteiger partial charge on any atom is -0.318 e. The lowest BCUT2D eigenvalue weighted by atomic mass is 10.2. The van der Waals surface area contributed by atoms with Crippen molar-refractivity contribution in [2.75, 3.05) is 0 Å². The summed E-state index contributed by atoms with van der Waals surface area (Å²) in [7, 11) is 0. The molecule has 0 bridgehead atoms. The second kappa shape index (κ2) is 5.73. The van der Waals surface area contributed by atoms with E-state index in [2.05, 4.69) is 25.9 Å². The molecule has 2 heterocycles. The van der Waals surface area contributed by atoms with Crippen molar-refractivity contribution >= 4 is 38.6 Å². The molecule has 3 aromatic rings. The van der Waals surface area contributed by atoms with Crippen LogP contribution in [0.4, 0.5) is 4.39 Å². The van der Waals surface area contributed by atoms with Crippen LogP contribution < -0.4 is 0 Å². The Bertz CT molecular complexity index is 788. The normalized spacial score (nSPS) is 12.8. The summed E-state index contributed by atoms with van der Waals surface area (Å²) < 4.78 is 16.1. The standard InChI is InChI=1S/C15H12BrClFN3/c1-9(12-4-2-3-5-19-12)21-14-6-10(16)11(18)7-13(14)20-15(21)8-17/h2-7,9H,8H2,1H3. The first-order valence-corrected chi connectivity index (χ1v) is 7.77. The number of rotatable bonds is 3. The lowest BCUT2D eigenvalue weighted by molar-refractivity contribution is 0.613. The zero-order valence-corrected chi connectivity index (χ0v) is 13.6. The molecule has 6 heteroatoms.